The van der Waals surface area contributed by atoms with Gasteiger partial charge in [0.2, 0.25) is 0 Å². The fourth-order valence-corrected chi connectivity index (χ4v) is 4.07. The number of esters is 1. The minimum Gasteiger partial charge on any atom is -0.452 e. The van der Waals surface area contributed by atoms with E-state index in [0.29, 0.717) is 22.3 Å². The molecule has 0 saturated carbocycles. The number of carbonyl (C=O) groups is 2. The predicted octanol–water partition coefficient (Wildman–Crippen LogP) is 4.47. The molecule has 2 rings (SSSR count). The zero-order chi connectivity index (χ0) is 22.1. The number of nitrogens with one attached hydrogen (secondary N) is 1. The highest BCUT2D eigenvalue weighted by atomic mass is 32.2. The van der Waals surface area contributed by atoms with Crippen LogP contribution < -0.4 is 5.32 Å². The van der Waals surface area contributed by atoms with Crippen LogP contribution in [0.1, 0.15) is 67.4 Å². The number of hydrogen-bond donors (Lipinski definition) is 1. The first-order valence-electron chi connectivity index (χ1n) is 10.2. The summed E-state index contributed by atoms with van der Waals surface area (Å²) in [6.45, 7) is 9.75. The molecule has 0 bridgehead atoms. The lowest BCUT2D eigenvalue weighted by Crippen LogP contribution is -2.35. The summed E-state index contributed by atoms with van der Waals surface area (Å²) in [5.74, 6) is 1.12. The zero-order valence-electron chi connectivity index (χ0n) is 18.4. The van der Waals surface area contributed by atoms with Crippen LogP contribution in [0.2, 0.25) is 0 Å². The number of carbonyl (C=O) groups excluding carboxylic acids is 2. The van der Waals surface area contributed by atoms with Crippen molar-refractivity contribution in [1.82, 2.24) is 15.5 Å². The molecule has 0 spiro atoms. The Hall–Kier alpha value is -2.35. The topological polar surface area (TPSA) is 94.3 Å². The van der Waals surface area contributed by atoms with E-state index in [1.54, 1.807) is 18.3 Å². The number of aryl methyl sites for hydroxylation is 2. The van der Waals surface area contributed by atoms with E-state index in [-0.39, 0.29) is 18.6 Å². The van der Waals surface area contributed by atoms with E-state index < -0.39 is 5.97 Å². The molecule has 2 aromatic heterocycles. The van der Waals surface area contributed by atoms with Gasteiger partial charge in [0.25, 0.3) is 5.91 Å². The van der Waals surface area contributed by atoms with Gasteiger partial charge in [0.1, 0.15) is 10.8 Å². The molecule has 2 heterocycles. The molecule has 1 N–H and O–H groups in total. The maximum Gasteiger partial charge on any atom is 0.341 e. The van der Waals surface area contributed by atoms with Crippen LogP contribution in [0.15, 0.2) is 27.9 Å². The van der Waals surface area contributed by atoms with Gasteiger partial charge in [0, 0.05) is 23.6 Å². The second kappa shape index (κ2) is 11.7. The van der Waals surface area contributed by atoms with Crippen LogP contribution in [0.5, 0.6) is 0 Å². The molecule has 1 atom stereocenters. The molecule has 0 radical (unpaired) electrons. The van der Waals surface area contributed by atoms with Crippen LogP contribution in [0.4, 0.5) is 0 Å². The molecule has 0 fully saturated rings. The number of rotatable bonds is 11. The number of pyridine rings is 1. The van der Waals surface area contributed by atoms with Gasteiger partial charge in [-0.05, 0) is 45.2 Å². The Balaban J connectivity index is 1.86. The van der Waals surface area contributed by atoms with Crippen LogP contribution in [-0.2, 0) is 15.3 Å². The van der Waals surface area contributed by atoms with Crippen LogP contribution in [0, 0.1) is 19.8 Å². The lowest BCUT2D eigenvalue weighted by Gasteiger charge is -2.15. The van der Waals surface area contributed by atoms with Crippen molar-refractivity contribution in [3.05, 3.63) is 40.9 Å². The fraction of sp³-hybridized carbons (Fsp3) is 0.545. The lowest BCUT2D eigenvalue weighted by molar-refractivity contribution is -0.124. The van der Waals surface area contributed by atoms with Crippen LogP contribution in [-0.4, -0.2) is 34.7 Å². The average molecular weight is 434 g/mol. The van der Waals surface area contributed by atoms with Gasteiger partial charge in [0.15, 0.2) is 6.61 Å². The maximum absolute atomic E-state index is 12.5. The molecule has 30 heavy (non-hydrogen) atoms. The summed E-state index contributed by atoms with van der Waals surface area (Å²) in [6, 6.07) is 3.37. The first kappa shape index (κ1) is 23.9. The van der Waals surface area contributed by atoms with Gasteiger partial charge in [0.05, 0.1) is 11.3 Å². The zero-order valence-corrected chi connectivity index (χ0v) is 19.2. The number of nitrogens with zero attached hydrogens (tertiary/aromatic N) is 2. The Morgan fingerprint density at radius 3 is 2.67 bits per heavy atom. The lowest BCUT2D eigenvalue weighted by atomic mass is 10.0. The Morgan fingerprint density at radius 1 is 1.23 bits per heavy atom. The van der Waals surface area contributed by atoms with E-state index in [9.17, 15) is 9.59 Å². The summed E-state index contributed by atoms with van der Waals surface area (Å²) >= 11 is 1.41. The monoisotopic (exact) mass is 433 g/mol. The van der Waals surface area contributed by atoms with Gasteiger partial charge in [-0.15, -0.1) is 11.8 Å². The second-order valence-electron chi connectivity index (χ2n) is 7.82. The van der Waals surface area contributed by atoms with Crippen LogP contribution >= 0.6 is 11.8 Å². The summed E-state index contributed by atoms with van der Waals surface area (Å²) in [5.41, 5.74) is 2.14. The van der Waals surface area contributed by atoms with E-state index in [1.165, 1.54) is 11.8 Å². The van der Waals surface area contributed by atoms with Gasteiger partial charge in [-0.3, -0.25) is 4.79 Å². The van der Waals surface area contributed by atoms with Gasteiger partial charge in [-0.25, -0.2) is 9.78 Å². The maximum atomic E-state index is 12.5. The number of ether oxygens (including phenoxy) is 1. The van der Waals surface area contributed by atoms with Crippen LogP contribution in [0.25, 0.3) is 0 Å². The van der Waals surface area contributed by atoms with Crippen molar-refractivity contribution in [2.75, 3.05) is 6.61 Å². The summed E-state index contributed by atoms with van der Waals surface area (Å²) in [4.78, 5) is 28.9. The molecular weight excluding hydrogens is 402 g/mol. The molecule has 1 amide bonds. The van der Waals surface area contributed by atoms with Gasteiger partial charge in [-0.2, -0.15) is 0 Å². The quantitative estimate of drug-likeness (QED) is 0.413. The van der Waals surface area contributed by atoms with E-state index in [0.717, 1.165) is 36.3 Å². The Kier molecular flexibility index (Phi) is 9.36. The number of aromatic nitrogens is 2. The van der Waals surface area contributed by atoms with Crippen molar-refractivity contribution < 1.29 is 18.8 Å². The summed E-state index contributed by atoms with van der Waals surface area (Å²) < 4.78 is 10.4. The standard InChI is InChI=1S/C22H31N3O4S/c1-14(2)8-6-9-15(3)24-20(26)12-28-22(27)18-10-7-11-23-21(18)30-13-19-16(4)25-29-17(19)5/h7,10-11,14-15H,6,8-9,12-13H2,1-5H3,(H,24,26). The second-order valence-corrected chi connectivity index (χ2v) is 8.78. The third kappa shape index (κ3) is 7.48. The van der Waals surface area contributed by atoms with Crippen molar-refractivity contribution in [3.8, 4) is 0 Å². The molecule has 0 saturated heterocycles. The molecule has 0 aromatic carbocycles. The summed E-state index contributed by atoms with van der Waals surface area (Å²) in [6.07, 6.45) is 4.71. The molecule has 0 aliphatic heterocycles. The molecule has 0 aliphatic carbocycles. The van der Waals surface area contributed by atoms with E-state index in [4.69, 9.17) is 9.26 Å². The first-order valence-corrected chi connectivity index (χ1v) is 11.2. The number of thioether (sulfide) groups is 1. The van der Waals surface area contributed by atoms with E-state index >= 15 is 0 Å². The molecule has 0 aliphatic rings. The number of hydrogen-bond acceptors (Lipinski definition) is 7. The smallest absolute Gasteiger partial charge is 0.341 e. The van der Waals surface area contributed by atoms with E-state index in [2.05, 4.69) is 29.3 Å². The molecule has 1 unspecified atom stereocenters. The molecule has 7 nitrogen and oxygen atoms in total. The Morgan fingerprint density at radius 2 is 2.00 bits per heavy atom. The fourth-order valence-electron chi connectivity index (χ4n) is 2.94. The summed E-state index contributed by atoms with van der Waals surface area (Å²) in [5, 5.41) is 7.36. The summed E-state index contributed by atoms with van der Waals surface area (Å²) in [7, 11) is 0. The van der Waals surface area contributed by atoms with Crippen LogP contribution in [0.3, 0.4) is 0 Å². The number of amides is 1. The van der Waals surface area contributed by atoms with Crippen molar-refractivity contribution in [3.63, 3.8) is 0 Å². The average Bonchev–Trinajstić information content (AvgIpc) is 3.02. The van der Waals surface area contributed by atoms with Crippen molar-refractivity contribution >= 4 is 23.6 Å². The highest BCUT2D eigenvalue weighted by Gasteiger charge is 2.18. The van der Waals surface area contributed by atoms with Gasteiger partial charge >= 0.3 is 5.97 Å². The van der Waals surface area contributed by atoms with E-state index in [1.807, 2.05) is 20.8 Å². The Labute approximate surface area is 182 Å². The first-order chi connectivity index (χ1) is 14.3. The van der Waals surface area contributed by atoms with Crippen molar-refractivity contribution in [1.29, 1.82) is 0 Å². The SMILES string of the molecule is Cc1noc(C)c1CSc1ncccc1C(=O)OCC(=O)NC(C)CCCC(C)C. The van der Waals surface area contributed by atoms with Crippen molar-refractivity contribution in [2.24, 2.45) is 5.92 Å². The molecule has 164 valence electrons. The normalized spacial score (nSPS) is 12.1. The highest BCUT2D eigenvalue weighted by Crippen LogP contribution is 2.27. The minimum absolute atomic E-state index is 0.0505. The largest absolute Gasteiger partial charge is 0.452 e. The molecule has 8 heteroatoms. The van der Waals surface area contributed by atoms with Crippen molar-refractivity contribution in [2.45, 2.75) is 70.7 Å². The highest BCUT2D eigenvalue weighted by molar-refractivity contribution is 7.98. The van der Waals surface area contributed by atoms with Gasteiger partial charge in [-0.1, -0.05) is 31.8 Å². The molecular formula is C22H31N3O4S. The third-order valence-electron chi connectivity index (χ3n) is 4.69. The predicted molar refractivity (Wildman–Crippen MR) is 116 cm³/mol. The van der Waals surface area contributed by atoms with Gasteiger partial charge < -0.3 is 14.6 Å². The molecule has 2 aromatic rings. The third-order valence-corrected chi connectivity index (χ3v) is 5.72. The minimum atomic E-state index is -0.563. The Bertz CT molecular complexity index is 831.